The minimum atomic E-state index is 0. The molecule has 0 saturated heterocycles. The Morgan fingerprint density at radius 3 is 1.00 bits per heavy atom. The summed E-state index contributed by atoms with van der Waals surface area (Å²) in [5.74, 6) is 0. The van der Waals surface area contributed by atoms with Gasteiger partial charge in [0.15, 0.2) is 0 Å². The Kier molecular flexibility index (Phi) is 174. The van der Waals surface area contributed by atoms with Crippen LogP contribution in [0.1, 0.15) is 0 Å². The van der Waals surface area contributed by atoms with Crippen molar-refractivity contribution in [1.29, 1.82) is 0 Å². The van der Waals surface area contributed by atoms with E-state index in [9.17, 15) is 0 Å². The van der Waals surface area contributed by atoms with Crippen molar-refractivity contribution >= 4 is 65.7 Å². The summed E-state index contributed by atoms with van der Waals surface area (Å²) >= 11 is 0. The number of hydrogen-bond donors (Lipinski definition) is 1. The molecule has 0 spiro atoms. The fourth-order valence-corrected chi connectivity index (χ4v) is 0. The summed E-state index contributed by atoms with van der Waals surface area (Å²) in [6.45, 7) is 0. The maximum atomic E-state index is 0. The predicted octanol–water partition coefficient (Wildman–Crippen LogP) is -3.39. The van der Waals surface area contributed by atoms with Gasteiger partial charge in [-0.25, -0.2) is 0 Å². The molecule has 0 heterocycles. The van der Waals surface area contributed by atoms with Crippen molar-refractivity contribution in [3.63, 3.8) is 0 Å². The first-order valence-electron chi connectivity index (χ1n) is 0. The second-order valence-corrected chi connectivity index (χ2v) is 0. The van der Waals surface area contributed by atoms with Crippen LogP contribution in [0.2, 0.25) is 0 Å². The van der Waals surface area contributed by atoms with Gasteiger partial charge in [0.05, 0.1) is 0 Å². The zero-order chi connectivity index (χ0) is 0. The molecular formula is H12GeNSbTe. The van der Waals surface area contributed by atoms with Gasteiger partial charge in [0, 0.05) is 0 Å². The minimum absolute atomic E-state index is 0. The van der Waals surface area contributed by atoms with Crippen LogP contribution in [0.25, 0.3) is 0 Å². The molecule has 0 bridgehead atoms. The average Bonchev–Trinajstić information content (AvgIpc) is 0. The molecule has 0 amide bonds. The maximum absolute atomic E-state index is 0. The van der Waals surface area contributed by atoms with E-state index in [1.165, 1.54) is 0 Å². The average molecular weight is 348 g/mol. The van der Waals surface area contributed by atoms with Gasteiger partial charge in [-0.2, -0.15) is 0 Å². The second kappa shape index (κ2) is 19.4. The molecule has 4 heavy (non-hydrogen) atoms. The Bertz CT molecular complexity index is 8.00. The first kappa shape index (κ1) is 35.8. The van der Waals surface area contributed by atoms with E-state index >= 15 is 0 Å². The van der Waals surface area contributed by atoms with Crippen LogP contribution in [0.15, 0.2) is 0 Å². The predicted molar refractivity (Wildman–Crippen MR) is 34.8 cm³/mol. The van der Waals surface area contributed by atoms with Crippen LogP contribution >= 0.6 is 0 Å². The molecule has 0 aromatic heterocycles. The first-order chi connectivity index (χ1) is 0. The topological polar surface area (TPSA) is 35.0 Å². The Balaban J connectivity index is 0. The van der Waals surface area contributed by atoms with Crippen LogP contribution < -0.4 is 6.15 Å². The molecular weight excluding hydrogens is 336 g/mol. The Morgan fingerprint density at radius 2 is 1.00 bits per heavy atom. The molecule has 4 heteroatoms. The SMILES string of the molecule is N.[GeH4].[SbH3].[TeH2]. The molecule has 0 aliphatic heterocycles. The third-order valence-corrected chi connectivity index (χ3v) is 0. The van der Waals surface area contributed by atoms with E-state index in [1.54, 1.807) is 0 Å². The fraction of sp³-hybridized carbons (Fsp3) is 0. The molecule has 0 rings (SSSR count). The van der Waals surface area contributed by atoms with E-state index in [4.69, 9.17) is 0 Å². The Morgan fingerprint density at radius 1 is 1.00 bits per heavy atom. The first-order valence-corrected chi connectivity index (χ1v) is 0. The van der Waals surface area contributed by atoms with Gasteiger partial charge < -0.3 is 6.15 Å². The molecule has 0 fully saturated rings. The van der Waals surface area contributed by atoms with Crippen molar-refractivity contribution < 1.29 is 0 Å². The molecule has 0 atom stereocenters. The van der Waals surface area contributed by atoms with Crippen molar-refractivity contribution in [3.05, 3.63) is 0 Å². The molecule has 0 saturated carbocycles. The molecule has 1 nitrogen and oxygen atoms in total. The van der Waals surface area contributed by atoms with Crippen molar-refractivity contribution in [3.8, 4) is 0 Å². The van der Waals surface area contributed by atoms with E-state index in [-0.39, 0.29) is 71.8 Å². The molecule has 0 aromatic carbocycles. The van der Waals surface area contributed by atoms with Crippen molar-refractivity contribution in [2.75, 3.05) is 0 Å². The second-order valence-electron chi connectivity index (χ2n) is 0. The standard InChI is InChI=1S/GeH4.H3N.Sb.H2Te.3H/h1H4;1H3;;1H2;;;. The molecule has 0 aromatic rings. The van der Waals surface area contributed by atoms with Gasteiger partial charge in [-0.3, -0.25) is 0 Å². The summed E-state index contributed by atoms with van der Waals surface area (Å²) in [4.78, 5) is 0. The fourth-order valence-electron chi connectivity index (χ4n) is 0. The molecule has 32 valence electrons. The van der Waals surface area contributed by atoms with Gasteiger partial charge in [0.1, 0.15) is 0 Å². The van der Waals surface area contributed by atoms with E-state index in [1.807, 2.05) is 0 Å². The van der Waals surface area contributed by atoms with Gasteiger partial charge in [0.2, 0.25) is 0 Å². The van der Waals surface area contributed by atoms with Crippen molar-refractivity contribution in [1.82, 2.24) is 6.15 Å². The zero-order valence-corrected chi connectivity index (χ0v) is 8.80. The van der Waals surface area contributed by atoms with Crippen LogP contribution in [-0.2, 0) is 0 Å². The Labute approximate surface area is 71.0 Å². The van der Waals surface area contributed by atoms with Crippen LogP contribution in [0, 0.1) is 0 Å². The third-order valence-electron chi connectivity index (χ3n) is 0. The molecule has 0 aliphatic rings. The summed E-state index contributed by atoms with van der Waals surface area (Å²) in [5.41, 5.74) is 0. The van der Waals surface area contributed by atoms with E-state index in [0.717, 1.165) is 0 Å². The zero-order valence-electron chi connectivity index (χ0n) is 1.91. The van der Waals surface area contributed by atoms with Gasteiger partial charge in [-0.15, -0.1) is 0 Å². The summed E-state index contributed by atoms with van der Waals surface area (Å²) in [6.07, 6.45) is 0. The normalized spacial score (nSPS) is 0. The summed E-state index contributed by atoms with van der Waals surface area (Å²) in [6, 6.07) is 0. The number of hydrogen-bond acceptors (Lipinski definition) is 1. The molecule has 3 N–H and O–H groups in total. The quantitative estimate of drug-likeness (QED) is 0.456. The summed E-state index contributed by atoms with van der Waals surface area (Å²) in [5, 5.41) is 0. The van der Waals surface area contributed by atoms with Crippen molar-refractivity contribution in [2.24, 2.45) is 0 Å². The van der Waals surface area contributed by atoms with Crippen LogP contribution in [0.3, 0.4) is 0 Å². The van der Waals surface area contributed by atoms with Gasteiger partial charge >= 0.3 is 65.7 Å². The van der Waals surface area contributed by atoms with Gasteiger partial charge in [-0.1, -0.05) is 0 Å². The molecule has 0 unspecified atom stereocenters. The summed E-state index contributed by atoms with van der Waals surface area (Å²) in [7, 11) is 0. The van der Waals surface area contributed by atoms with Crippen molar-refractivity contribution in [2.45, 2.75) is 0 Å². The molecule has 0 aliphatic carbocycles. The van der Waals surface area contributed by atoms with E-state index in [2.05, 4.69) is 0 Å². The number of rotatable bonds is 0. The molecule has 0 radical (unpaired) electrons. The van der Waals surface area contributed by atoms with Crippen LogP contribution in [0.5, 0.6) is 0 Å². The third kappa shape index (κ3) is 8.93. The summed E-state index contributed by atoms with van der Waals surface area (Å²) < 4.78 is 0. The van der Waals surface area contributed by atoms with Gasteiger partial charge in [-0.05, 0) is 0 Å². The Hall–Kier alpha value is 2.11. The van der Waals surface area contributed by atoms with Gasteiger partial charge in [0.25, 0.3) is 0 Å². The van der Waals surface area contributed by atoms with E-state index in [0.29, 0.717) is 0 Å². The monoisotopic (exact) mass is 351 g/mol. The van der Waals surface area contributed by atoms with E-state index < -0.39 is 0 Å². The van der Waals surface area contributed by atoms with Crippen LogP contribution in [0.4, 0.5) is 0 Å². The van der Waals surface area contributed by atoms with Crippen LogP contribution in [-0.4, -0.2) is 65.7 Å².